The lowest BCUT2D eigenvalue weighted by molar-refractivity contribution is -0.139. The number of methoxy groups -OCH3 is 1. The number of carbonyl (C=O) groups excluding carboxylic acids is 1. The second kappa shape index (κ2) is 8.74. The monoisotopic (exact) mass is 321 g/mol. The van der Waals surface area contributed by atoms with Gasteiger partial charge in [-0.15, -0.1) is 0 Å². The van der Waals surface area contributed by atoms with Gasteiger partial charge in [0.15, 0.2) is 17.6 Å². The van der Waals surface area contributed by atoms with Crippen molar-refractivity contribution in [1.82, 2.24) is 9.80 Å². The molecule has 1 unspecified atom stereocenters. The average Bonchev–Trinajstić information content (AvgIpc) is 2.60. The second-order valence-corrected chi connectivity index (χ2v) is 5.72. The molecule has 23 heavy (non-hydrogen) atoms. The van der Waals surface area contributed by atoms with Gasteiger partial charge in [-0.3, -0.25) is 9.69 Å². The summed E-state index contributed by atoms with van der Waals surface area (Å²) >= 11 is 0. The lowest BCUT2D eigenvalue weighted by Gasteiger charge is -2.35. The van der Waals surface area contributed by atoms with Crippen LogP contribution in [0.25, 0.3) is 0 Å². The van der Waals surface area contributed by atoms with Gasteiger partial charge in [-0.1, -0.05) is 12.1 Å². The molecule has 0 bridgehead atoms. The van der Waals surface area contributed by atoms with Gasteiger partial charge in [-0.05, 0) is 38.6 Å². The molecular formula is C17H27N3O3. The van der Waals surface area contributed by atoms with Crippen LogP contribution in [0.4, 0.5) is 0 Å². The minimum Gasteiger partial charge on any atom is -0.493 e. The lowest BCUT2D eigenvalue weighted by atomic mass is 10.2. The first-order chi connectivity index (χ1) is 11.2. The fourth-order valence-corrected chi connectivity index (χ4v) is 2.72. The number of hydrogen-bond donors (Lipinski definition) is 1. The first-order valence-electron chi connectivity index (χ1n) is 8.16. The topological polar surface area (TPSA) is 68.0 Å². The highest BCUT2D eigenvalue weighted by Gasteiger charge is 2.26. The van der Waals surface area contributed by atoms with Crippen molar-refractivity contribution in [2.24, 2.45) is 5.73 Å². The van der Waals surface area contributed by atoms with Crippen LogP contribution in [0.15, 0.2) is 24.3 Å². The summed E-state index contributed by atoms with van der Waals surface area (Å²) in [5.41, 5.74) is 5.54. The van der Waals surface area contributed by atoms with Crippen molar-refractivity contribution in [3.05, 3.63) is 24.3 Å². The zero-order chi connectivity index (χ0) is 16.7. The van der Waals surface area contributed by atoms with Crippen LogP contribution in [0, 0.1) is 0 Å². The van der Waals surface area contributed by atoms with E-state index >= 15 is 0 Å². The Kier molecular flexibility index (Phi) is 6.67. The summed E-state index contributed by atoms with van der Waals surface area (Å²) in [6.45, 7) is 6.77. The molecule has 0 radical (unpaired) electrons. The van der Waals surface area contributed by atoms with E-state index in [0.29, 0.717) is 18.0 Å². The molecule has 0 saturated carbocycles. The van der Waals surface area contributed by atoms with Gasteiger partial charge in [0, 0.05) is 26.2 Å². The van der Waals surface area contributed by atoms with Gasteiger partial charge in [0.05, 0.1) is 7.11 Å². The van der Waals surface area contributed by atoms with E-state index < -0.39 is 6.10 Å². The molecule has 1 saturated heterocycles. The minimum absolute atomic E-state index is 0.0226. The van der Waals surface area contributed by atoms with Crippen LogP contribution in [0.1, 0.15) is 13.3 Å². The number of carbonyl (C=O) groups is 1. The maximum Gasteiger partial charge on any atom is 0.263 e. The fraction of sp³-hybridized carbons (Fsp3) is 0.588. The van der Waals surface area contributed by atoms with Crippen molar-refractivity contribution in [1.29, 1.82) is 0 Å². The van der Waals surface area contributed by atoms with Crippen LogP contribution >= 0.6 is 0 Å². The number of nitrogens with zero attached hydrogens (tertiary/aromatic N) is 2. The zero-order valence-electron chi connectivity index (χ0n) is 14.0. The molecule has 6 heteroatoms. The van der Waals surface area contributed by atoms with E-state index in [1.165, 1.54) is 0 Å². The molecular weight excluding hydrogens is 294 g/mol. The molecule has 1 aliphatic rings. The Labute approximate surface area is 138 Å². The number of amides is 1. The number of benzene rings is 1. The molecule has 1 aromatic rings. The highest BCUT2D eigenvalue weighted by Crippen LogP contribution is 2.27. The third-order valence-corrected chi connectivity index (χ3v) is 4.08. The number of para-hydroxylation sites is 2. The molecule has 0 spiro atoms. The predicted molar refractivity (Wildman–Crippen MR) is 89.8 cm³/mol. The number of piperazine rings is 1. The third-order valence-electron chi connectivity index (χ3n) is 4.08. The summed E-state index contributed by atoms with van der Waals surface area (Å²) in [7, 11) is 1.59. The van der Waals surface area contributed by atoms with E-state index in [9.17, 15) is 4.79 Å². The van der Waals surface area contributed by atoms with Crippen LogP contribution in [-0.4, -0.2) is 68.2 Å². The highest BCUT2D eigenvalue weighted by molar-refractivity contribution is 5.81. The molecule has 2 N–H and O–H groups in total. The normalized spacial score (nSPS) is 16.9. The summed E-state index contributed by atoms with van der Waals surface area (Å²) in [6.07, 6.45) is 0.475. The van der Waals surface area contributed by atoms with Crippen LogP contribution in [0.3, 0.4) is 0 Å². The Morgan fingerprint density at radius 1 is 1.22 bits per heavy atom. The standard InChI is InChI=1S/C17H27N3O3/c1-14(23-16-7-4-3-6-15(16)22-2)17(21)20-12-10-19(11-13-20)9-5-8-18/h3-4,6-7,14H,5,8-13,18H2,1-2H3. The van der Waals surface area contributed by atoms with Crippen LogP contribution in [-0.2, 0) is 4.79 Å². The number of nitrogens with two attached hydrogens (primary N) is 1. The molecule has 6 nitrogen and oxygen atoms in total. The van der Waals surface area contributed by atoms with Gasteiger partial charge in [-0.2, -0.15) is 0 Å². The SMILES string of the molecule is COc1ccccc1OC(C)C(=O)N1CCN(CCCN)CC1. The predicted octanol–water partition coefficient (Wildman–Crippen LogP) is 0.956. The number of rotatable bonds is 7. The van der Waals surface area contributed by atoms with E-state index in [1.54, 1.807) is 14.0 Å². The summed E-state index contributed by atoms with van der Waals surface area (Å²) in [4.78, 5) is 16.8. The Morgan fingerprint density at radius 3 is 2.48 bits per heavy atom. The number of ether oxygens (including phenoxy) is 2. The largest absolute Gasteiger partial charge is 0.493 e. The van der Waals surface area contributed by atoms with Crippen molar-refractivity contribution < 1.29 is 14.3 Å². The molecule has 2 rings (SSSR count). The molecule has 128 valence electrons. The van der Waals surface area contributed by atoms with Crippen molar-refractivity contribution in [3.63, 3.8) is 0 Å². The van der Waals surface area contributed by atoms with Crippen molar-refractivity contribution in [2.45, 2.75) is 19.4 Å². The van der Waals surface area contributed by atoms with Gasteiger partial charge in [0.1, 0.15) is 0 Å². The Hall–Kier alpha value is -1.79. The fourth-order valence-electron chi connectivity index (χ4n) is 2.72. The van der Waals surface area contributed by atoms with Crippen LogP contribution in [0.5, 0.6) is 11.5 Å². The van der Waals surface area contributed by atoms with Gasteiger partial charge >= 0.3 is 0 Å². The first kappa shape index (κ1) is 17.6. The van der Waals surface area contributed by atoms with Gasteiger partial charge in [0.2, 0.25) is 0 Å². The zero-order valence-corrected chi connectivity index (χ0v) is 14.0. The smallest absolute Gasteiger partial charge is 0.263 e. The maximum absolute atomic E-state index is 12.5. The molecule has 1 fully saturated rings. The van der Waals surface area contributed by atoms with Gasteiger partial charge in [0.25, 0.3) is 5.91 Å². The Morgan fingerprint density at radius 2 is 1.87 bits per heavy atom. The Bertz CT molecular complexity index is 502. The van der Waals surface area contributed by atoms with Crippen molar-refractivity contribution in [3.8, 4) is 11.5 Å². The van der Waals surface area contributed by atoms with E-state index in [1.807, 2.05) is 29.2 Å². The summed E-state index contributed by atoms with van der Waals surface area (Å²) in [5.74, 6) is 1.26. The van der Waals surface area contributed by atoms with Crippen LogP contribution in [0.2, 0.25) is 0 Å². The lowest BCUT2D eigenvalue weighted by Crippen LogP contribution is -2.52. The molecule has 1 heterocycles. The van der Waals surface area contributed by atoms with Gasteiger partial charge in [-0.25, -0.2) is 0 Å². The second-order valence-electron chi connectivity index (χ2n) is 5.72. The molecule has 1 aliphatic heterocycles. The molecule has 1 amide bonds. The molecule has 1 aromatic carbocycles. The quantitative estimate of drug-likeness (QED) is 0.810. The van der Waals surface area contributed by atoms with Crippen molar-refractivity contribution >= 4 is 5.91 Å². The minimum atomic E-state index is -0.526. The summed E-state index contributed by atoms with van der Waals surface area (Å²) in [5, 5.41) is 0. The Balaban J connectivity index is 1.86. The molecule has 0 aromatic heterocycles. The van der Waals surface area contributed by atoms with E-state index in [-0.39, 0.29) is 5.91 Å². The van der Waals surface area contributed by atoms with E-state index in [0.717, 1.165) is 39.1 Å². The molecule has 0 aliphatic carbocycles. The molecule has 1 atom stereocenters. The van der Waals surface area contributed by atoms with E-state index in [4.69, 9.17) is 15.2 Å². The number of hydrogen-bond acceptors (Lipinski definition) is 5. The summed E-state index contributed by atoms with van der Waals surface area (Å²) < 4.78 is 11.1. The summed E-state index contributed by atoms with van der Waals surface area (Å²) in [6, 6.07) is 7.38. The first-order valence-corrected chi connectivity index (χ1v) is 8.16. The maximum atomic E-state index is 12.5. The highest BCUT2D eigenvalue weighted by atomic mass is 16.5. The van der Waals surface area contributed by atoms with E-state index in [2.05, 4.69) is 4.90 Å². The van der Waals surface area contributed by atoms with Crippen molar-refractivity contribution in [2.75, 3.05) is 46.4 Å². The van der Waals surface area contributed by atoms with Gasteiger partial charge < -0.3 is 20.1 Å². The van der Waals surface area contributed by atoms with Crippen LogP contribution < -0.4 is 15.2 Å². The third kappa shape index (κ3) is 4.84. The average molecular weight is 321 g/mol.